The number of amides is 1. The average Bonchev–Trinajstić information content (AvgIpc) is 2.88. The normalized spacial score (nSPS) is 15.3. The van der Waals surface area contributed by atoms with Gasteiger partial charge in [-0.3, -0.25) is 4.79 Å². The second-order valence-electron chi connectivity index (χ2n) is 5.22. The summed E-state index contributed by atoms with van der Waals surface area (Å²) in [5.41, 5.74) is 11.1. The molecule has 0 aliphatic heterocycles. The van der Waals surface area contributed by atoms with Gasteiger partial charge in [0.1, 0.15) is 0 Å². The van der Waals surface area contributed by atoms with Crippen molar-refractivity contribution in [3.63, 3.8) is 0 Å². The summed E-state index contributed by atoms with van der Waals surface area (Å²) in [7, 11) is 3.65. The largest absolute Gasteiger partial charge is 0.368 e. The Labute approximate surface area is 118 Å². The molecule has 1 fully saturated rings. The zero-order valence-electron chi connectivity index (χ0n) is 11.9. The maximum absolute atomic E-state index is 11.3. The van der Waals surface area contributed by atoms with Gasteiger partial charge in [-0.2, -0.15) is 15.0 Å². The average molecular weight is 279 g/mol. The van der Waals surface area contributed by atoms with Crippen LogP contribution in [-0.4, -0.2) is 47.5 Å². The minimum Gasteiger partial charge on any atom is -0.368 e. The molecule has 1 saturated carbocycles. The van der Waals surface area contributed by atoms with E-state index < -0.39 is 5.91 Å². The molecular weight excluding hydrogens is 258 g/mol. The van der Waals surface area contributed by atoms with Gasteiger partial charge in [-0.25, -0.2) is 0 Å². The van der Waals surface area contributed by atoms with Crippen LogP contribution in [0.4, 0.5) is 17.8 Å². The molecule has 1 aromatic rings. The Morgan fingerprint density at radius 2 is 1.80 bits per heavy atom. The molecule has 1 aliphatic carbocycles. The fourth-order valence-corrected chi connectivity index (χ4v) is 2.44. The summed E-state index contributed by atoms with van der Waals surface area (Å²) in [4.78, 5) is 27.5. The van der Waals surface area contributed by atoms with Gasteiger partial charge >= 0.3 is 0 Å². The third-order valence-corrected chi connectivity index (χ3v) is 3.38. The summed E-state index contributed by atoms with van der Waals surface area (Å²) >= 11 is 0. The zero-order valence-corrected chi connectivity index (χ0v) is 11.9. The molecule has 0 bridgehead atoms. The minimum absolute atomic E-state index is 0.0982. The first kappa shape index (κ1) is 14.3. The molecule has 0 radical (unpaired) electrons. The van der Waals surface area contributed by atoms with E-state index in [0.717, 1.165) is 25.7 Å². The van der Waals surface area contributed by atoms with Gasteiger partial charge < -0.3 is 21.3 Å². The van der Waals surface area contributed by atoms with Crippen LogP contribution in [0.1, 0.15) is 25.7 Å². The summed E-state index contributed by atoms with van der Waals surface area (Å²) in [5.74, 6) is 0.639. The number of nitrogens with two attached hydrogens (primary N) is 2. The lowest BCUT2D eigenvalue weighted by Crippen LogP contribution is -2.41. The number of anilines is 3. The van der Waals surface area contributed by atoms with Crippen molar-refractivity contribution in [2.24, 2.45) is 5.73 Å². The fraction of sp³-hybridized carbons (Fsp3) is 0.667. The number of hydrogen-bond acceptors (Lipinski definition) is 7. The van der Waals surface area contributed by atoms with E-state index in [1.165, 1.54) is 0 Å². The summed E-state index contributed by atoms with van der Waals surface area (Å²) in [6.45, 7) is 0.0982. The third kappa shape index (κ3) is 3.25. The standard InChI is InChI=1S/C12H21N7O/c1-18(2)11-15-10(14)16-12(17-11)19(7-9(13)20)8-5-3-4-6-8/h8H,3-7H2,1-2H3,(H2,13,20)(H2,14,15,16,17). The van der Waals surface area contributed by atoms with E-state index in [9.17, 15) is 4.79 Å². The molecule has 0 aromatic carbocycles. The lowest BCUT2D eigenvalue weighted by molar-refractivity contribution is -0.116. The van der Waals surface area contributed by atoms with Gasteiger partial charge in [-0.05, 0) is 12.8 Å². The first-order valence-electron chi connectivity index (χ1n) is 6.71. The van der Waals surface area contributed by atoms with Crippen molar-refractivity contribution in [2.45, 2.75) is 31.7 Å². The summed E-state index contributed by atoms with van der Waals surface area (Å²) < 4.78 is 0. The molecule has 20 heavy (non-hydrogen) atoms. The highest BCUT2D eigenvalue weighted by molar-refractivity contribution is 5.79. The van der Waals surface area contributed by atoms with Crippen LogP contribution in [0.15, 0.2) is 0 Å². The van der Waals surface area contributed by atoms with Crippen molar-refractivity contribution < 1.29 is 4.79 Å². The van der Waals surface area contributed by atoms with Crippen molar-refractivity contribution in [1.82, 2.24) is 15.0 Å². The molecule has 0 atom stereocenters. The molecule has 0 saturated heterocycles. The molecule has 8 nitrogen and oxygen atoms in total. The van der Waals surface area contributed by atoms with E-state index >= 15 is 0 Å². The number of nitrogens with zero attached hydrogens (tertiary/aromatic N) is 5. The Bertz CT molecular complexity index is 485. The molecule has 0 spiro atoms. The van der Waals surface area contributed by atoms with Crippen molar-refractivity contribution in [3.8, 4) is 0 Å². The number of hydrogen-bond donors (Lipinski definition) is 2. The molecule has 1 heterocycles. The summed E-state index contributed by atoms with van der Waals surface area (Å²) in [6.07, 6.45) is 4.30. The molecule has 0 unspecified atom stereocenters. The Balaban J connectivity index is 2.34. The van der Waals surface area contributed by atoms with Crippen molar-refractivity contribution in [3.05, 3.63) is 0 Å². The van der Waals surface area contributed by atoms with Gasteiger partial charge in [0.2, 0.25) is 23.8 Å². The lowest BCUT2D eigenvalue weighted by atomic mass is 10.2. The molecular formula is C12H21N7O. The van der Waals surface area contributed by atoms with Gasteiger partial charge in [0.25, 0.3) is 0 Å². The SMILES string of the molecule is CN(C)c1nc(N)nc(N(CC(N)=O)C2CCCC2)n1. The van der Waals surface area contributed by atoms with Crippen LogP contribution in [0, 0.1) is 0 Å². The molecule has 1 amide bonds. The maximum Gasteiger partial charge on any atom is 0.237 e. The Morgan fingerprint density at radius 1 is 1.20 bits per heavy atom. The maximum atomic E-state index is 11.3. The monoisotopic (exact) mass is 279 g/mol. The highest BCUT2D eigenvalue weighted by Crippen LogP contribution is 2.26. The van der Waals surface area contributed by atoms with Gasteiger partial charge in [-0.1, -0.05) is 12.8 Å². The Hall–Kier alpha value is -2.12. The molecule has 4 N–H and O–H groups in total. The van der Waals surface area contributed by atoms with Gasteiger partial charge in [0.05, 0.1) is 6.54 Å². The molecule has 1 aliphatic rings. The lowest BCUT2D eigenvalue weighted by Gasteiger charge is -2.28. The predicted octanol–water partition coefficient (Wildman–Crippen LogP) is -0.246. The van der Waals surface area contributed by atoms with Gasteiger partial charge in [-0.15, -0.1) is 0 Å². The van der Waals surface area contributed by atoms with E-state index in [2.05, 4.69) is 15.0 Å². The van der Waals surface area contributed by atoms with E-state index in [4.69, 9.17) is 11.5 Å². The first-order valence-corrected chi connectivity index (χ1v) is 6.71. The topological polar surface area (TPSA) is 114 Å². The van der Waals surface area contributed by atoms with Crippen LogP contribution in [-0.2, 0) is 4.79 Å². The van der Waals surface area contributed by atoms with Gasteiger partial charge in [0.15, 0.2) is 0 Å². The molecule has 110 valence electrons. The van der Waals surface area contributed by atoms with Crippen LogP contribution < -0.4 is 21.3 Å². The smallest absolute Gasteiger partial charge is 0.237 e. The van der Waals surface area contributed by atoms with Crippen LogP contribution in [0.2, 0.25) is 0 Å². The van der Waals surface area contributed by atoms with Crippen molar-refractivity contribution in [2.75, 3.05) is 36.2 Å². The number of rotatable bonds is 5. The Kier molecular flexibility index (Phi) is 4.21. The zero-order chi connectivity index (χ0) is 14.7. The fourth-order valence-electron chi connectivity index (χ4n) is 2.44. The first-order chi connectivity index (χ1) is 9.47. The van der Waals surface area contributed by atoms with Crippen LogP contribution >= 0.6 is 0 Å². The number of nitrogen functional groups attached to an aromatic ring is 1. The highest BCUT2D eigenvalue weighted by Gasteiger charge is 2.26. The summed E-state index contributed by atoms with van der Waals surface area (Å²) in [6, 6.07) is 0.235. The third-order valence-electron chi connectivity index (χ3n) is 3.38. The van der Waals surface area contributed by atoms with Crippen LogP contribution in [0.25, 0.3) is 0 Å². The van der Waals surface area contributed by atoms with E-state index in [0.29, 0.717) is 11.9 Å². The van der Waals surface area contributed by atoms with E-state index in [-0.39, 0.29) is 18.5 Å². The molecule has 8 heteroatoms. The van der Waals surface area contributed by atoms with Crippen molar-refractivity contribution >= 4 is 23.8 Å². The number of carbonyl (C=O) groups is 1. The van der Waals surface area contributed by atoms with Gasteiger partial charge in [0, 0.05) is 20.1 Å². The summed E-state index contributed by atoms with van der Waals surface area (Å²) in [5, 5.41) is 0. The molecule has 1 aromatic heterocycles. The second-order valence-corrected chi connectivity index (χ2v) is 5.22. The highest BCUT2D eigenvalue weighted by atomic mass is 16.1. The number of carbonyl (C=O) groups excluding carboxylic acids is 1. The second kappa shape index (κ2) is 5.89. The minimum atomic E-state index is -0.401. The molecule has 2 rings (SSSR count). The van der Waals surface area contributed by atoms with E-state index in [1.807, 2.05) is 19.0 Å². The Morgan fingerprint density at radius 3 is 2.35 bits per heavy atom. The number of primary amides is 1. The van der Waals surface area contributed by atoms with Crippen molar-refractivity contribution in [1.29, 1.82) is 0 Å². The predicted molar refractivity (Wildman–Crippen MR) is 77.4 cm³/mol. The van der Waals surface area contributed by atoms with E-state index in [1.54, 1.807) is 4.90 Å². The quantitative estimate of drug-likeness (QED) is 0.764. The van der Waals surface area contributed by atoms with Crippen LogP contribution in [0.3, 0.4) is 0 Å². The number of aromatic nitrogens is 3. The van der Waals surface area contributed by atoms with Crippen LogP contribution in [0.5, 0.6) is 0 Å².